The first-order valence-corrected chi connectivity index (χ1v) is 12.5. The summed E-state index contributed by atoms with van der Waals surface area (Å²) in [5.41, 5.74) is 0.422. The van der Waals surface area contributed by atoms with Crippen LogP contribution in [0.5, 0.6) is 0 Å². The van der Waals surface area contributed by atoms with Gasteiger partial charge in [-0.3, -0.25) is 14.5 Å². The van der Waals surface area contributed by atoms with E-state index in [4.69, 9.17) is 10.2 Å². The third-order valence-electron chi connectivity index (χ3n) is 8.52. The molecule has 0 aromatic heterocycles. The molecular weight excluding hydrogens is 378 g/mol. The van der Waals surface area contributed by atoms with Crippen molar-refractivity contribution in [3.05, 3.63) is 0 Å². The molecule has 1 fully saturated rings. The van der Waals surface area contributed by atoms with Gasteiger partial charge in [0.05, 0.1) is 0 Å². The molecular formula is C25H47NO4. The molecule has 0 bridgehead atoms. The van der Waals surface area contributed by atoms with Crippen LogP contribution in [0, 0.1) is 17.3 Å². The summed E-state index contributed by atoms with van der Waals surface area (Å²) < 4.78 is 0. The number of carboxylic acids is 2. The Morgan fingerprint density at radius 1 is 0.867 bits per heavy atom. The molecule has 1 aliphatic rings. The highest BCUT2D eigenvalue weighted by Crippen LogP contribution is 2.58. The van der Waals surface area contributed by atoms with E-state index >= 15 is 0 Å². The van der Waals surface area contributed by atoms with Crippen molar-refractivity contribution in [1.82, 2.24) is 4.90 Å². The molecule has 5 heteroatoms. The van der Waals surface area contributed by atoms with E-state index in [0.717, 1.165) is 70.9 Å². The minimum Gasteiger partial charge on any atom is -0.481 e. The summed E-state index contributed by atoms with van der Waals surface area (Å²) in [6.45, 7) is 13.9. The summed E-state index contributed by atoms with van der Waals surface area (Å²) in [5, 5.41) is 18.2. The van der Waals surface area contributed by atoms with E-state index in [1.54, 1.807) is 0 Å². The first-order chi connectivity index (χ1) is 14.3. The second kappa shape index (κ2) is 12.7. The number of unbranched alkanes of at least 4 members (excludes halogenated alkanes) is 1. The number of hydrogen-bond donors (Lipinski definition) is 2. The highest BCUT2D eigenvalue weighted by atomic mass is 16.4. The van der Waals surface area contributed by atoms with Crippen molar-refractivity contribution in [2.75, 3.05) is 13.1 Å². The fraction of sp³-hybridized carbons (Fsp3) is 0.920. The standard InChI is InChI=1S/C25H47NO4/c1-6-24(7-2)21(18-19-26(10-5)25(24,8-3)9-4)20(15-13-17-23(29)30)14-11-12-16-22(27)28/h20-21H,6-19H2,1-5H3,(H,27,28)(H,29,30). The summed E-state index contributed by atoms with van der Waals surface area (Å²) in [6, 6.07) is 0. The van der Waals surface area contributed by atoms with Crippen LogP contribution in [0.2, 0.25) is 0 Å². The fourth-order valence-corrected chi connectivity index (χ4v) is 7.17. The number of carbonyl (C=O) groups is 2. The maximum atomic E-state index is 11.1. The van der Waals surface area contributed by atoms with E-state index in [1.165, 1.54) is 6.42 Å². The van der Waals surface area contributed by atoms with Crippen molar-refractivity contribution < 1.29 is 19.8 Å². The monoisotopic (exact) mass is 425 g/mol. The normalized spacial score (nSPS) is 22.0. The van der Waals surface area contributed by atoms with Gasteiger partial charge >= 0.3 is 11.9 Å². The molecule has 1 rings (SSSR count). The van der Waals surface area contributed by atoms with E-state index in [0.29, 0.717) is 11.8 Å². The molecule has 2 atom stereocenters. The largest absolute Gasteiger partial charge is 0.481 e. The summed E-state index contributed by atoms with van der Waals surface area (Å²) >= 11 is 0. The van der Waals surface area contributed by atoms with Gasteiger partial charge in [-0.2, -0.15) is 0 Å². The quantitative estimate of drug-likeness (QED) is 0.305. The van der Waals surface area contributed by atoms with Crippen LogP contribution < -0.4 is 0 Å². The van der Waals surface area contributed by atoms with Crippen molar-refractivity contribution in [1.29, 1.82) is 0 Å². The molecule has 30 heavy (non-hydrogen) atoms. The Hall–Kier alpha value is -1.10. The van der Waals surface area contributed by atoms with Crippen LogP contribution in [-0.2, 0) is 9.59 Å². The Morgan fingerprint density at radius 2 is 1.40 bits per heavy atom. The van der Waals surface area contributed by atoms with E-state index < -0.39 is 11.9 Å². The minimum atomic E-state index is -0.721. The van der Waals surface area contributed by atoms with E-state index in [-0.39, 0.29) is 23.8 Å². The van der Waals surface area contributed by atoms with E-state index in [9.17, 15) is 9.59 Å². The smallest absolute Gasteiger partial charge is 0.303 e. The number of nitrogens with zero attached hydrogens (tertiary/aromatic N) is 1. The van der Waals surface area contributed by atoms with Crippen molar-refractivity contribution in [3.8, 4) is 0 Å². The van der Waals surface area contributed by atoms with Gasteiger partial charge in [-0.25, -0.2) is 0 Å². The summed E-state index contributed by atoms with van der Waals surface area (Å²) in [6.07, 6.45) is 10.6. The maximum Gasteiger partial charge on any atom is 0.303 e. The Morgan fingerprint density at radius 3 is 1.87 bits per heavy atom. The maximum absolute atomic E-state index is 11.1. The third kappa shape index (κ3) is 5.77. The minimum absolute atomic E-state index is 0.195. The van der Waals surface area contributed by atoms with Gasteiger partial charge in [-0.15, -0.1) is 0 Å². The lowest BCUT2D eigenvalue weighted by Gasteiger charge is -2.64. The van der Waals surface area contributed by atoms with Gasteiger partial charge in [0.15, 0.2) is 0 Å². The summed E-state index contributed by atoms with van der Waals surface area (Å²) in [4.78, 5) is 24.8. The van der Waals surface area contributed by atoms with Gasteiger partial charge in [0.2, 0.25) is 0 Å². The first kappa shape index (κ1) is 26.9. The molecule has 1 saturated heterocycles. The Labute approximate surface area is 184 Å². The number of rotatable bonds is 15. The SMILES string of the molecule is CCN1CCC(C(CCCCC(=O)O)CCCC(=O)O)C(CC)(CC)C1(CC)CC. The second-order valence-electron chi connectivity index (χ2n) is 9.26. The molecule has 1 aliphatic heterocycles. The molecule has 0 aromatic carbocycles. The van der Waals surface area contributed by atoms with E-state index in [1.807, 2.05) is 0 Å². The molecule has 0 amide bonds. The van der Waals surface area contributed by atoms with Gasteiger partial charge in [0.1, 0.15) is 0 Å². The summed E-state index contributed by atoms with van der Waals surface area (Å²) in [5.74, 6) is -0.376. The summed E-state index contributed by atoms with van der Waals surface area (Å²) in [7, 11) is 0. The fourth-order valence-electron chi connectivity index (χ4n) is 7.17. The highest BCUT2D eigenvalue weighted by molar-refractivity contribution is 5.66. The predicted molar refractivity (Wildman–Crippen MR) is 123 cm³/mol. The first-order valence-electron chi connectivity index (χ1n) is 12.5. The van der Waals surface area contributed by atoms with Crippen molar-refractivity contribution in [3.63, 3.8) is 0 Å². The van der Waals surface area contributed by atoms with Crippen LogP contribution in [0.1, 0.15) is 112 Å². The topological polar surface area (TPSA) is 77.8 Å². The van der Waals surface area contributed by atoms with Crippen LogP contribution in [-0.4, -0.2) is 45.7 Å². The van der Waals surface area contributed by atoms with Gasteiger partial charge in [0, 0.05) is 18.4 Å². The number of carboxylic acid groups (broad SMARTS) is 2. The van der Waals surface area contributed by atoms with Crippen LogP contribution >= 0.6 is 0 Å². The third-order valence-corrected chi connectivity index (χ3v) is 8.52. The second-order valence-corrected chi connectivity index (χ2v) is 9.26. The zero-order chi connectivity index (χ0) is 22.8. The van der Waals surface area contributed by atoms with Crippen LogP contribution in [0.25, 0.3) is 0 Å². The van der Waals surface area contributed by atoms with Gasteiger partial charge in [-0.05, 0) is 81.7 Å². The molecule has 5 nitrogen and oxygen atoms in total. The average molecular weight is 426 g/mol. The van der Waals surface area contributed by atoms with Crippen molar-refractivity contribution >= 4 is 11.9 Å². The molecule has 2 unspecified atom stereocenters. The number of likely N-dealkylation sites (tertiary alicyclic amines) is 1. The Bertz CT molecular complexity index is 525. The molecule has 1 heterocycles. The molecule has 0 aromatic rings. The Balaban J connectivity index is 3.21. The lowest BCUT2D eigenvalue weighted by atomic mass is 9.50. The molecule has 0 saturated carbocycles. The lowest BCUT2D eigenvalue weighted by Crippen LogP contribution is -2.66. The molecule has 0 spiro atoms. The predicted octanol–water partition coefficient (Wildman–Crippen LogP) is 6.21. The number of hydrogen-bond acceptors (Lipinski definition) is 3. The molecule has 2 N–H and O–H groups in total. The average Bonchev–Trinajstić information content (AvgIpc) is 2.73. The molecule has 0 aliphatic carbocycles. The number of aliphatic carboxylic acids is 2. The van der Waals surface area contributed by atoms with Gasteiger partial charge in [0.25, 0.3) is 0 Å². The van der Waals surface area contributed by atoms with Crippen LogP contribution in [0.3, 0.4) is 0 Å². The van der Waals surface area contributed by atoms with Crippen LogP contribution in [0.15, 0.2) is 0 Å². The highest BCUT2D eigenvalue weighted by Gasteiger charge is 2.57. The van der Waals surface area contributed by atoms with Gasteiger partial charge in [-0.1, -0.05) is 47.5 Å². The zero-order valence-corrected chi connectivity index (χ0v) is 20.2. The Kier molecular flexibility index (Phi) is 11.4. The van der Waals surface area contributed by atoms with Gasteiger partial charge < -0.3 is 10.2 Å². The lowest BCUT2D eigenvalue weighted by molar-refractivity contribution is -0.142. The zero-order valence-electron chi connectivity index (χ0n) is 20.2. The number of piperidine rings is 1. The van der Waals surface area contributed by atoms with E-state index in [2.05, 4.69) is 39.5 Å². The molecule has 176 valence electrons. The molecule has 0 radical (unpaired) electrons. The van der Waals surface area contributed by atoms with Crippen molar-refractivity contribution in [2.45, 2.75) is 117 Å². The van der Waals surface area contributed by atoms with Crippen LogP contribution in [0.4, 0.5) is 0 Å². The van der Waals surface area contributed by atoms with Crippen molar-refractivity contribution in [2.24, 2.45) is 17.3 Å².